The maximum absolute atomic E-state index is 5.51. The Kier molecular flexibility index (Phi) is 5.55. The van der Waals surface area contributed by atoms with E-state index in [9.17, 15) is 0 Å². The molecule has 1 aliphatic rings. The maximum atomic E-state index is 5.51. The number of rotatable bonds is 6. The highest BCUT2D eigenvalue weighted by Gasteiger charge is 2.18. The quantitative estimate of drug-likeness (QED) is 0.603. The molecular weight excluding hydrogens is 252 g/mol. The van der Waals surface area contributed by atoms with Gasteiger partial charge in [-0.3, -0.25) is 4.90 Å². The number of aromatic nitrogens is 2. The second kappa shape index (κ2) is 7.40. The molecule has 0 aromatic carbocycles. The third kappa shape index (κ3) is 3.80. The zero-order valence-electron chi connectivity index (χ0n) is 12.6. The maximum Gasteiger partial charge on any atom is 0.145 e. The summed E-state index contributed by atoms with van der Waals surface area (Å²) in [5, 5.41) is 0. The lowest BCUT2D eigenvalue weighted by molar-refractivity contribution is 0.258. The van der Waals surface area contributed by atoms with Crippen molar-refractivity contribution in [1.29, 1.82) is 0 Å². The average molecular weight is 278 g/mol. The van der Waals surface area contributed by atoms with E-state index in [2.05, 4.69) is 39.0 Å². The third-order valence-corrected chi connectivity index (χ3v) is 3.62. The number of hydrogen-bond donors (Lipinski definition) is 2. The van der Waals surface area contributed by atoms with E-state index >= 15 is 0 Å². The molecule has 6 nitrogen and oxygen atoms in total. The van der Waals surface area contributed by atoms with E-state index in [0.717, 1.165) is 50.7 Å². The van der Waals surface area contributed by atoms with Crippen molar-refractivity contribution in [3.05, 3.63) is 11.9 Å². The zero-order chi connectivity index (χ0) is 14.4. The Balaban J connectivity index is 2.06. The number of hydrazine groups is 1. The molecule has 1 aromatic rings. The van der Waals surface area contributed by atoms with Crippen molar-refractivity contribution >= 4 is 11.6 Å². The molecule has 0 spiro atoms. The summed E-state index contributed by atoms with van der Waals surface area (Å²) in [7, 11) is 0. The lowest BCUT2D eigenvalue weighted by atomic mass is 10.2. The Morgan fingerprint density at radius 1 is 1.15 bits per heavy atom. The van der Waals surface area contributed by atoms with Crippen LogP contribution in [0, 0.1) is 0 Å². The number of nitrogens with two attached hydrogens (primary N) is 1. The smallest absolute Gasteiger partial charge is 0.145 e. The number of hydrogen-bond acceptors (Lipinski definition) is 6. The number of piperazine rings is 1. The van der Waals surface area contributed by atoms with Crippen molar-refractivity contribution in [2.45, 2.75) is 33.1 Å². The van der Waals surface area contributed by atoms with Crippen molar-refractivity contribution in [2.24, 2.45) is 5.84 Å². The molecule has 20 heavy (non-hydrogen) atoms. The first kappa shape index (κ1) is 15.0. The molecule has 0 aliphatic carbocycles. The highest BCUT2D eigenvalue weighted by Crippen LogP contribution is 2.18. The minimum atomic E-state index is 0.703. The van der Waals surface area contributed by atoms with Gasteiger partial charge in [-0.2, -0.15) is 0 Å². The summed E-state index contributed by atoms with van der Waals surface area (Å²) in [5.41, 5.74) is 2.65. The molecule has 2 heterocycles. The van der Waals surface area contributed by atoms with Gasteiger partial charge in [0.15, 0.2) is 0 Å². The number of nitrogens with one attached hydrogen (secondary N) is 1. The molecule has 112 valence electrons. The second-order valence-electron chi connectivity index (χ2n) is 5.25. The predicted molar refractivity (Wildman–Crippen MR) is 82.8 cm³/mol. The van der Waals surface area contributed by atoms with E-state index in [-0.39, 0.29) is 0 Å². The van der Waals surface area contributed by atoms with Crippen molar-refractivity contribution < 1.29 is 0 Å². The molecule has 1 aliphatic heterocycles. The fourth-order valence-corrected chi connectivity index (χ4v) is 2.57. The van der Waals surface area contributed by atoms with Crippen LogP contribution >= 0.6 is 0 Å². The minimum Gasteiger partial charge on any atom is -0.354 e. The topological polar surface area (TPSA) is 70.3 Å². The highest BCUT2D eigenvalue weighted by molar-refractivity contribution is 5.49. The van der Waals surface area contributed by atoms with Crippen LogP contribution in [-0.2, 0) is 6.42 Å². The summed E-state index contributed by atoms with van der Waals surface area (Å²) in [5.74, 6) is 8.07. The summed E-state index contributed by atoms with van der Waals surface area (Å²) < 4.78 is 0. The van der Waals surface area contributed by atoms with Crippen LogP contribution in [0.5, 0.6) is 0 Å². The van der Waals surface area contributed by atoms with E-state index in [4.69, 9.17) is 5.84 Å². The molecule has 1 saturated heterocycles. The minimum absolute atomic E-state index is 0.703. The SMILES string of the molecule is CCCc1nc(NN)cc(N2CCN(CCC)CC2)n1. The van der Waals surface area contributed by atoms with Gasteiger partial charge in [0.2, 0.25) is 0 Å². The van der Waals surface area contributed by atoms with Gasteiger partial charge in [-0.15, -0.1) is 0 Å². The summed E-state index contributed by atoms with van der Waals surface area (Å²) >= 11 is 0. The van der Waals surface area contributed by atoms with E-state index in [0.29, 0.717) is 5.82 Å². The molecule has 1 fully saturated rings. The molecule has 2 rings (SSSR count). The van der Waals surface area contributed by atoms with Crippen LogP contribution < -0.4 is 16.2 Å². The Morgan fingerprint density at radius 2 is 1.90 bits per heavy atom. The molecule has 0 amide bonds. The lowest BCUT2D eigenvalue weighted by Crippen LogP contribution is -2.46. The van der Waals surface area contributed by atoms with Crippen LogP contribution in [-0.4, -0.2) is 47.6 Å². The van der Waals surface area contributed by atoms with Crippen LogP contribution in [0.1, 0.15) is 32.5 Å². The van der Waals surface area contributed by atoms with Gasteiger partial charge in [0, 0.05) is 38.7 Å². The van der Waals surface area contributed by atoms with Crippen LogP contribution in [0.4, 0.5) is 11.6 Å². The Morgan fingerprint density at radius 3 is 2.50 bits per heavy atom. The molecule has 0 radical (unpaired) electrons. The van der Waals surface area contributed by atoms with Crippen molar-refractivity contribution in [1.82, 2.24) is 14.9 Å². The fourth-order valence-electron chi connectivity index (χ4n) is 2.57. The van der Waals surface area contributed by atoms with Gasteiger partial charge in [-0.1, -0.05) is 13.8 Å². The van der Waals surface area contributed by atoms with Gasteiger partial charge in [-0.05, 0) is 19.4 Å². The molecule has 0 unspecified atom stereocenters. The monoisotopic (exact) mass is 278 g/mol. The van der Waals surface area contributed by atoms with Gasteiger partial charge >= 0.3 is 0 Å². The predicted octanol–water partition coefficient (Wildman–Crippen LogP) is 1.25. The van der Waals surface area contributed by atoms with E-state index in [1.54, 1.807) is 0 Å². The van der Waals surface area contributed by atoms with Gasteiger partial charge < -0.3 is 10.3 Å². The van der Waals surface area contributed by atoms with E-state index in [1.165, 1.54) is 13.0 Å². The summed E-state index contributed by atoms with van der Waals surface area (Å²) in [6, 6.07) is 1.94. The van der Waals surface area contributed by atoms with Gasteiger partial charge in [-0.25, -0.2) is 15.8 Å². The van der Waals surface area contributed by atoms with Gasteiger partial charge in [0.25, 0.3) is 0 Å². The first-order chi connectivity index (χ1) is 9.76. The van der Waals surface area contributed by atoms with Crippen LogP contribution in [0.15, 0.2) is 6.07 Å². The molecule has 0 atom stereocenters. The summed E-state index contributed by atoms with van der Waals surface area (Å²) in [6.45, 7) is 9.80. The number of nitrogens with zero attached hydrogens (tertiary/aromatic N) is 4. The second-order valence-corrected chi connectivity index (χ2v) is 5.25. The fraction of sp³-hybridized carbons (Fsp3) is 0.714. The average Bonchev–Trinajstić information content (AvgIpc) is 2.48. The number of nitrogen functional groups attached to an aromatic ring is 1. The van der Waals surface area contributed by atoms with Crippen LogP contribution in [0.25, 0.3) is 0 Å². The van der Waals surface area contributed by atoms with Crippen LogP contribution in [0.2, 0.25) is 0 Å². The molecular formula is C14H26N6. The molecule has 3 N–H and O–H groups in total. The number of aryl methyl sites for hydroxylation is 1. The third-order valence-electron chi connectivity index (χ3n) is 3.62. The van der Waals surface area contributed by atoms with Crippen LogP contribution in [0.3, 0.4) is 0 Å². The Labute approximate surface area is 121 Å². The normalized spacial score (nSPS) is 16.4. The largest absolute Gasteiger partial charge is 0.354 e. The van der Waals surface area contributed by atoms with Crippen molar-refractivity contribution in [3.63, 3.8) is 0 Å². The molecule has 0 bridgehead atoms. The molecule has 6 heteroatoms. The van der Waals surface area contributed by atoms with Crippen molar-refractivity contribution in [3.8, 4) is 0 Å². The number of anilines is 2. The first-order valence-electron chi connectivity index (χ1n) is 7.58. The van der Waals surface area contributed by atoms with Gasteiger partial charge in [0.1, 0.15) is 17.5 Å². The summed E-state index contributed by atoms with van der Waals surface area (Å²) in [4.78, 5) is 13.9. The standard InChI is InChI=1S/C14H26N6/c1-3-5-12-16-13(18-15)11-14(17-12)20-9-7-19(6-4-2)8-10-20/h11H,3-10,15H2,1-2H3,(H,16,17,18). The van der Waals surface area contributed by atoms with E-state index in [1.807, 2.05) is 6.07 Å². The summed E-state index contributed by atoms with van der Waals surface area (Å²) in [6.07, 6.45) is 3.14. The Hall–Kier alpha value is -1.40. The Bertz CT molecular complexity index is 414. The highest BCUT2D eigenvalue weighted by atomic mass is 15.3. The zero-order valence-corrected chi connectivity index (χ0v) is 12.6. The van der Waals surface area contributed by atoms with Crippen molar-refractivity contribution in [2.75, 3.05) is 43.0 Å². The first-order valence-corrected chi connectivity index (χ1v) is 7.58. The molecule has 0 saturated carbocycles. The van der Waals surface area contributed by atoms with Gasteiger partial charge in [0.05, 0.1) is 0 Å². The van der Waals surface area contributed by atoms with E-state index < -0.39 is 0 Å². The molecule has 1 aromatic heterocycles. The lowest BCUT2D eigenvalue weighted by Gasteiger charge is -2.35.